The van der Waals surface area contributed by atoms with Gasteiger partial charge in [0, 0.05) is 11.6 Å². The van der Waals surface area contributed by atoms with Crippen molar-refractivity contribution in [1.29, 1.82) is 0 Å². The SMILES string of the molecule is CC1(CO)CN1S(=O)(=O)c1ccc(Cl)cc1. The molecule has 16 heavy (non-hydrogen) atoms. The fourth-order valence-corrected chi connectivity index (χ4v) is 3.46. The zero-order chi connectivity index (χ0) is 12.0. The Morgan fingerprint density at radius 2 is 2.00 bits per heavy atom. The molecule has 0 saturated carbocycles. The summed E-state index contributed by atoms with van der Waals surface area (Å²) in [4.78, 5) is 0.203. The number of hydrogen-bond acceptors (Lipinski definition) is 3. The van der Waals surface area contributed by atoms with Crippen LogP contribution in [0.2, 0.25) is 5.02 Å². The number of aliphatic hydroxyl groups is 1. The van der Waals surface area contributed by atoms with Gasteiger partial charge >= 0.3 is 0 Å². The van der Waals surface area contributed by atoms with Crippen LogP contribution in [-0.2, 0) is 10.0 Å². The van der Waals surface area contributed by atoms with Crippen LogP contribution >= 0.6 is 11.6 Å². The van der Waals surface area contributed by atoms with E-state index in [2.05, 4.69) is 0 Å². The Kier molecular flexibility index (Phi) is 2.74. The first-order valence-electron chi connectivity index (χ1n) is 4.79. The van der Waals surface area contributed by atoms with E-state index in [4.69, 9.17) is 16.7 Å². The van der Waals surface area contributed by atoms with Crippen LogP contribution in [0.3, 0.4) is 0 Å². The van der Waals surface area contributed by atoms with Gasteiger partial charge in [-0.2, -0.15) is 4.31 Å². The lowest BCUT2D eigenvalue weighted by Gasteiger charge is -2.10. The van der Waals surface area contributed by atoms with Crippen molar-refractivity contribution in [3.05, 3.63) is 29.3 Å². The molecule has 2 rings (SSSR count). The Hall–Kier alpha value is -0.620. The van der Waals surface area contributed by atoms with Crippen LogP contribution in [0.4, 0.5) is 0 Å². The number of rotatable bonds is 3. The van der Waals surface area contributed by atoms with Crippen LogP contribution in [0.5, 0.6) is 0 Å². The lowest BCUT2D eigenvalue weighted by atomic mass is 10.2. The zero-order valence-corrected chi connectivity index (χ0v) is 10.3. The van der Waals surface area contributed by atoms with Crippen LogP contribution in [0.15, 0.2) is 29.2 Å². The van der Waals surface area contributed by atoms with Crippen molar-refractivity contribution in [3.8, 4) is 0 Å². The van der Waals surface area contributed by atoms with Crippen molar-refractivity contribution in [1.82, 2.24) is 4.31 Å². The molecular weight excluding hydrogens is 250 g/mol. The van der Waals surface area contributed by atoms with Gasteiger partial charge in [0.15, 0.2) is 0 Å². The number of aliphatic hydroxyl groups excluding tert-OH is 1. The number of sulfonamides is 1. The predicted octanol–water partition coefficient (Wildman–Crippen LogP) is 1.10. The molecule has 0 aliphatic carbocycles. The standard InChI is InChI=1S/C10H12ClNO3S/c1-10(7-13)6-12(10)16(14,15)9-4-2-8(11)3-5-9/h2-5,13H,6-7H2,1H3. The molecule has 1 N–H and O–H groups in total. The average molecular weight is 262 g/mol. The maximum Gasteiger partial charge on any atom is 0.243 e. The van der Waals surface area contributed by atoms with Gasteiger partial charge in [0.25, 0.3) is 0 Å². The summed E-state index contributed by atoms with van der Waals surface area (Å²) < 4.78 is 25.4. The lowest BCUT2D eigenvalue weighted by molar-refractivity contribution is 0.245. The highest BCUT2D eigenvalue weighted by Crippen LogP contribution is 2.37. The predicted molar refractivity (Wildman–Crippen MR) is 60.8 cm³/mol. The quantitative estimate of drug-likeness (QED) is 0.829. The van der Waals surface area contributed by atoms with Gasteiger partial charge in [0.1, 0.15) is 0 Å². The molecule has 1 saturated heterocycles. The second kappa shape index (κ2) is 3.70. The molecular formula is C10H12ClNO3S. The summed E-state index contributed by atoms with van der Waals surface area (Å²) in [5, 5.41) is 9.56. The Morgan fingerprint density at radius 1 is 1.44 bits per heavy atom. The molecule has 2 atom stereocenters. The molecule has 0 bridgehead atoms. The summed E-state index contributed by atoms with van der Waals surface area (Å²) in [6, 6.07) is 6.00. The minimum absolute atomic E-state index is 0.167. The molecule has 88 valence electrons. The van der Waals surface area contributed by atoms with Gasteiger partial charge in [0.05, 0.1) is 17.0 Å². The highest BCUT2D eigenvalue weighted by Gasteiger charge is 2.55. The molecule has 0 spiro atoms. The molecule has 1 aromatic rings. The summed E-state index contributed by atoms with van der Waals surface area (Å²) in [5.74, 6) is 0. The summed E-state index contributed by atoms with van der Waals surface area (Å²) in [7, 11) is -3.49. The van der Waals surface area contributed by atoms with Gasteiger partial charge in [-0.3, -0.25) is 0 Å². The molecule has 1 heterocycles. The fourth-order valence-electron chi connectivity index (χ4n) is 1.51. The Labute approximate surface area is 99.5 Å². The minimum Gasteiger partial charge on any atom is -0.394 e. The van der Waals surface area contributed by atoms with Crippen LogP contribution in [0.1, 0.15) is 6.92 Å². The first-order valence-corrected chi connectivity index (χ1v) is 6.61. The summed E-state index contributed by atoms with van der Waals surface area (Å²) >= 11 is 5.69. The van der Waals surface area contributed by atoms with Crippen molar-refractivity contribution in [2.24, 2.45) is 0 Å². The Bertz CT molecular complexity index is 499. The summed E-state index contributed by atoms with van der Waals surface area (Å²) in [6.07, 6.45) is 0. The van der Waals surface area contributed by atoms with Crippen molar-refractivity contribution in [2.45, 2.75) is 17.4 Å². The maximum absolute atomic E-state index is 12.1. The molecule has 0 aromatic heterocycles. The van der Waals surface area contributed by atoms with E-state index in [1.807, 2.05) is 0 Å². The molecule has 4 nitrogen and oxygen atoms in total. The van der Waals surface area contributed by atoms with E-state index in [1.165, 1.54) is 28.6 Å². The third-order valence-corrected chi connectivity index (χ3v) is 5.00. The number of hydrogen-bond donors (Lipinski definition) is 1. The van der Waals surface area contributed by atoms with Gasteiger partial charge in [-0.15, -0.1) is 0 Å². The van der Waals surface area contributed by atoms with Crippen LogP contribution in [0.25, 0.3) is 0 Å². The van der Waals surface area contributed by atoms with Crippen LogP contribution < -0.4 is 0 Å². The first kappa shape index (κ1) is 11.9. The third kappa shape index (κ3) is 1.84. The minimum atomic E-state index is -3.49. The van der Waals surface area contributed by atoms with E-state index < -0.39 is 15.6 Å². The van der Waals surface area contributed by atoms with Gasteiger partial charge in [-0.25, -0.2) is 8.42 Å². The van der Waals surface area contributed by atoms with E-state index >= 15 is 0 Å². The monoisotopic (exact) mass is 261 g/mol. The zero-order valence-electron chi connectivity index (χ0n) is 8.72. The van der Waals surface area contributed by atoms with Gasteiger partial charge in [-0.05, 0) is 31.2 Å². The molecule has 0 amide bonds. The molecule has 0 radical (unpaired) electrons. The van der Waals surface area contributed by atoms with Gasteiger partial charge in [-0.1, -0.05) is 11.6 Å². The second-order valence-electron chi connectivity index (χ2n) is 4.12. The Balaban J connectivity index is 2.31. The molecule has 6 heteroatoms. The van der Waals surface area contributed by atoms with E-state index in [9.17, 15) is 8.42 Å². The molecule has 1 aromatic carbocycles. The van der Waals surface area contributed by atoms with E-state index in [1.54, 1.807) is 6.92 Å². The highest BCUT2D eigenvalue weighted by atomic mass is 35.5. The lowest BCUT2D eigenvalue weighted by Crippen LogP contribution is -2.24. The molecule has 1 aliphatic rings. The fraction of sp³-hybridized carbons (Fsp3) is 0.400. The highest BCUT2D eigenvalue weighted by molar-refractivity contribution is 7.89. The van der Waals surface area contributed by atoms with Crippen molar-refractivity contribution in [2.75, 3.05) is 13.2 Å². The summed E-state index contributed by atoms with van der Waals surface area (Å²) in [6.45, 7) is 1.90. The van der Waals surface area contributed by atoms with Crippen molar-refractivity contribution < 1.29 is 13.5 Å². The van der Waals surface area contributed by atoms with Crippen LogP contribution in [0, 0.1) is 0 Å². The average Bonchev–Trinajstić information content (AvgIpc) is 2.93. The van der Waals surface area contributed by atoms with Crippen molar-refractivity contribution >= 4 is 21.6 Å². The number of benzene rings is 1. The smallest absolute Gasteiger partial charge is 0.243 e. The molecule has 1 fully saturated rings. The Morgan fingerprint density at radius 3 is 2.44 bits per heavy atom. The number of nitrogens with zero attached hydrogens (tertiary/aromatic N) is 1. The van der Waals surface area contributed by atoms with E-state index in [0.717, 1.165) is 0 Å². The third-order valence-electron chi connectivity index (χ3n) is 2.73. The topological polar surface area (TPSA) is 57.4 Å². The van der Waals surface area contributed by atoms with Crippen molar-refractivity contribution in [3.63, 3.8) is 0 Å². The van der Waals surface area contributed by atoms with Gasteiger partial charge in [0.2, 0.25) is 10.0 Å². The normalized spacial score (nSPS) is 29.1. The summed E-state index contributed by atoms with van der Waals surface area (Å²) in [5.41, 5.74) is -0.640. The van der Waals surface area contributed by atoms with Gasteiger partial charge < -0.3 is 5.11 Å². The first-order chi connectivity index (χ1) is 7.40. The number of halogens is 1. The second-order valence-corrected chi connectivity index (χ2v) is 6.42. The molecule has 1 aliphatic heterocycles. The largest absolute Gasteiger partial charge is 0.394 e. The van der Waals surface area contributed by atoms with E-state index in [0.29, 0.717) is 11.6 Å². The maximum atomic E-state index is 12.1. The molecule has 2 unspecified atom stereocenters. The van der Waals surface area contributed by atoms with E-state index in [-0.39, 0.29) is 11.5 Å². The van der Waals surface area contributed by atoms with Crippen LogP contribution in [-0.4, -0.2) is 36.5 Å².